The van der Waals surface area contributed by atoms with Crippen LogP contribution in [0.1, 0.15) is 68.6 Å². The van der Waals surface area contributed by atoms with E-state index in [1.54, 1.807) is 18.2 Å². The number of phenols is 1. The van der Waals surface area contributed by atoms with Crippen LogP contribution in [0.5, 0.6) is 5.75 Å². The predicted molar refractivity (Wildman–Crippen MR) is 132 cm³/mol. The van der Waals surface area contributed by atoms with Gasteiger partial charge in [-0.2, -0.15) is 0 Å². The van der Waals surface area contributed by atoms with Gasteiger partial charge in [0.25, 0.3) is 0 Å². The van der Waals surface area contributed by atoms with E-state index in [1.165, 1.54) is 0 Å². The zero-order chi connectivity index (χ0) is 24.5. The van der Waals surface area contributed by atoms with Crippen LogP contribution >= 0.6 is 0 Å². The Morgan fingerprint density at radius 3 is 2.59 bits per heavy atom. The molecule has 1 fully saturated rings. The molecule has 1 amide bonds. The van der Waals surface area contributed by atoms with E-state index in [9.17, 15) is 19.8 Å². The van der Waals surface area contributed by atoms with Crippen molar-refractivity contribution in [3.05, 3.63) is 65.7 Å². The van der Waals surface area contributed by atoms with Gasteiger partial charge in [0.05, 0.1) is 12.1 Å². The van der Waals surface area contributed by atoms with Gasteiger partial charge in [-0.3, -0.25) is 9.59 Å². The Kier molecular flexibility index (Phi) is 9.28. The number of unbranched alkanes of at least 4 members (excludes halogenated alkanes) is 3. The molecule has 2 aromatic rings. The SMILES string of the molecule is Cc1c(-c2ccc(O)cc2)cccc1C(O)/C=C/[C@H]1CCCC(=O)N1CCCCCCC(=O)O. The van der Waals surface area contributed by atoms with Gasteiger partial charge in [-0.05, 0) is 67.0 Å². The second-order valence-electron chi connectivity index (χ2n) is 9.00. The topological polar surface area (TPSA) is 98.1 Å². The molecule has 182 valence electrons. The van der Waals surface area contributed by atoms with E-state index in [0.717, 1.165) is 54.4 Å². The molecule has 0 aromatic heterocycles. The molecule has 0 spiro atoms. The van der Waals surface area contributed by atoms with E-state index in [2.05, 4.69) is 0 Å². The van der Waals surface area contributed by atoms with Crippen LogP contribution in [-0.2, 0) is 9.59 Å². The monoisotopic (exact) mass is 465 g/mol. The fourth-order valence-electron chi connectivity index (χ4n) is 4.61. The summed E-state index contributed by atoms with van der Waals surface area (Å²) in [4.78, 5) is 25.1. The first-order valence-electron chi connectivity index (χ1n) is 12.1. The maximum atomic E-state index is 12.5. The minimum absolute atomic E-state index is 0.0319. The third-order valence-electron chi connectivity index (χ3n) is 6.54. The van der Waals surface area contributed by atoms with Crippen molar-refractivity contribution in [1.29, 1.82) is 0 Å². The van der Waals surface area contributed by atoms with Gasteiger partial charge >= 0.3 is 5.97 Å². The highest BCUT2D eigenvalue weighted by molar-refractivity contribution is 5.77. The average molecular weight is 466 g/mol. The molecule has 1 unspecified atom stereocenters. The molecule has 1 aliphatic heterocycles. The molecule has 0 saturated carbocycles. The number of nitrogens with zero attached hydrogens (tertiary/aromatic N) is 1. The Hall–Kier alpha value is -3.12. The van der Waals surface area contributed by atoms with Crippen LogP contribution in [0.3, 0.4) is 0 Å². The average Bonchev–Trinajstić information content (AvgIpc) is 2.81. The number of phenolic OH excluding ortho intramolecular Hbond substituents is 1. The Labute approximate surface area is 201 Å². The molecule has 3 N–H and O–H groups in total. The van der Waals surface area contributed by atoms with Crippen LogP contribution in [0.4, 0.5) is 0 Å². The first kappa shape index (κ1) is 25.5. The summed E-state index contributed by atoms with van der Waals surface area (Å²) in [6.45, 7) is 2.64. The molecule has 0 radical (unpaired) electrons. The minimum Gasteiger partial charge on any atom is -0.508 e. The number of aliphatic hydroxyl groups excluding tert-OH is 1. The van der Waals surface area contributed by atoms with Crippen molar-refractivity contribution in [1.82, 2.24) is 4.90 Å². The van der Waals surface area contributed by atoms with Gasteiger partial charge in [0.2, 0.25) is 5.91 Å². The van der Waals surface area contributed by atoms with Gasteiger partial charge in [-0.1, -0.05) is 55.3 Å². The van der Waals surface area contributed by atoms with Crippen LogP contribution < -0.4 is 0 Å². The van der Waals surface area contributed by atoms with Gasteiger partial charge in [0.15, 0.2) is 0 Å². The quantitative estimate of drug-likeness (QED) is 0.306. The zero-order valence-corrected chi connectivity index (χ0v) is 19.8. The van der Waals surface area contributed by atoms with Crippen molar-refractivity contribution in [2.45, 2.75) is 70.4 Å². The Balaban J connectivity index is 1.64. The molecule has 0 aliphatic carbocycles. The number of rotatable bonds is 11. The lowest BCUT2D eigenvalue weighted by Crippen LogP contribution is -2.43. The normalized spacial score (nSPS) is 17.3. The lowest BCUT2D eigenvalue weighted by Gasteiger charge is -2.34. The van der Waals surface area contributed by atoms with Gasteiger partial charge in [-0.15, -0.1) is 0 Å². The number of likely N-dealkylation sites (tertiary alicyclic amines) is 1. The lowest BCUT2D eigenvalue weighted by molar-refractivity contribution is -0.137. The molecule has 1 saturated heterocycles. The lowest BCUT2D eigenvalue weighted by atomic mass is 9.93. The molecule has 6 nitrogen and oxygen atoms in total. The number of carbonyl (C=O) groups excluding carboxylic acids is 1. The van der Waals surface area contributed by atoms with Crippen molar-refractivity contribution in [2.75, 3.05) is 6.54 Å². The van der Waals surface area contributed by atoms with Crippen molar-refractivity contribution in [2.24, 2.45) is 0 Å². The second-order valence-corrected chi connectivity index (χ2v) is 9.00. The molecule has 0 bridgehead atoms. The molecule has 6 heteroatoms. The molecule has 1 heterocycles. The first-order valence-corrected chi connectivity index (χ1v) is 12.1. The highest BCUT2D eigenvalue weighted by atomic mass is 16.4. The molecular weight excluding hydrogens is 430 g/mol. The largest absolute Gasteiger partial charge is 0.508 e. The fraction of sp³-hybridized carbons (Fsp3) is 0.429. The maximum absolute atomic E-state index is 12.5. The number of hydrogen-bond donors (Lipinski definition) is 3. The van der Waals surface area contributed by atoms with Gasteiger partial charge < -0.3 is 20.2 Å². The van der Waals surface area contributed by atoms with Crippen LogP contribution in [0.25, 0.3) is 11.1 Å². The Morgan fingerprint density at radius 1 is 1.12 bits per heavy atom. The molecule has 2 aromatic carbocycles. The number of piperidine rings is 1. The third kappa shape index (κ3) is 6.94. The van der Waals surface area contributed by atoms with Crippen LogP contribution in [0.2, 0.25) is 0 Å². The van der Waals surface area contributed by atoms with Crippen LogP contribution in [0, 0.1) is 6.92 Å². The van der Waals surface area contributed by atoms with E-state index >= 15 is 0 Å². The predicted octanol–water partition coefficient (Wildman–Crippen LogP) is 5.37. The number of amides is 1. The summed E-state index contributed by atoms with van der Waals surface area (Å²) in [5, 5.41) is 29.2. The smallest absolute Gasteiger partial charge is 0.303 e. The van der Waals surface area contributed by atoms with E-state index in [-0.39, 0.29) is 24.1 Å². The first-order chi connectivity index (χ1) is 16.4. The number of carbonyl (C=O) groups is 2. The summed E-state index contributed by atoms with van der Waals surface area (Å²) in [6, 6.07) is 12.8. The summed E-state index contributed by atoms with van der Waals surface area (Å²) in [5.74, 6) is -0.405. The number of aliphatic carboxylic acids is 1. The van der Waals surface area contributed by atoms with Crippen molar-refractivity contribution in [3.8, 4) is 16.9 Å². The second kappa shape index (κ2) is 12.4. The number of hydrogen-bond acceptors (Lipinski definition) is 4. The fourth-order valence-corrected chi connectivity index (χ4v) is 4.61. The Bertz CT molecular complexity index is 998. The van der Waals surface area contributed by atoms with E-state index < -0.39 is 12.1 Å². The van der Waals surface area contributed by atoms with E-state index in [0.29, 0.717) is 19.4 Å². The zero-order valence-electron chi connectivity index (χ0n) is 19.8. The summed E-state index contributed by atoms with van der Waals surface area (Å²) < 4.78 is 0. The summed E-state index contributed by atoms with van der Waals surface area (Å²) in [5.41, 5.74) is 3.76. The number of carboxylic acid groups (broad SMARTS) is 1. The molecule has 2 atom stereocenters. The maximum Gasteiger partial charge on any atom is 0.303 e. The van der Waals surface area contributed by atoms with Crippen molar-refractivity contribution >= 4 is 11.9 Å². The Morgan fingerprint density at radius 2 is 1.85 bits per heavy atom. The number of benzene rings is 2. The highest BCUT2D eigenvalue weighted by Crippen LogP contribution is 2.31. The summed E-state index contributed by atoms with van der Waals surface area (Å²) >= 11 is 0. The van der Waals surface area contributed by atoms with Crippen LogP contribution in [-0.4, -0.2) is 44.7 Å². The summed E-state index contributed by atoms with van der Waals surface area (Å²) in [6.07, 6.45) is 8.70. The van der Waals surface area contributed by atoms with Gasteiger partial charge in [0, 0.05) is 19.4 Å². The van der Waals surface area contributed by atoms with E-state index in [4.69, 9.17) is 5.11 Å². The van der Waals surface area contributed by atoms with Crippen molar-refractivity contribution < 1.29 is 24.9 Å². The van der Waals surface area contributed by atoms with Crippen LogP contribution in [0.15, 0.2) is 54.6 Å². The minimum atomic E-state index is -0.785. The third-order valence-corrected chi connectivity index (χ3v) is 6.54. The van der Waals surface area contributed by atoms with Gasteiger partial charge in [0.1, 0.15) is 5.75 Å². The van der Waals surface area contributed by atoms with Gasteiger partial charge in [-0.25, -0.2) is 0 Å². The number of aromatic hydroxyl groups is 1. The number of carboxylic acids is 1. The molecular formula is C28H35NO5. The molecule has 1 aliphatic rings. The standard InChI is InChI=1S/C28H35NO5/c1-20-24(21-13-16-23(30)17-14-21)9-7-10-25(20)26(31)18-15-22-8-6-11-27(32)29(22)19-5-3-2-4-12-28(33)34/h7,9-10,13-18,22,26,30-31H,2-6,8,11-12,19H2,1H3,(H,33,34)/b18-15+/t22-,26?/m1/s1. The van der Waals surface area contributed by atoms with E-state index in [1.807, 2.05) is 48.2 Å². The molecule has 3 rings (SSSR count). The summed E-state index contributed by atoms with van der Waals surface area (Å²) in [7, 11) is 0. The molecule has 34 heavy (non-hydrogen) atoms. The van der Waals surface area contributed by atoms with Crippen molar-refractivity contribution in [3.63, 3.8) is 0 Å². The highest BCUT2D eigenvalue weighted by Gasteiger charge is 2.26. The number of aliphatic hydroxyl groups is 1.